The minimum absolute atomic E-state index is 0.151. The third kappa shape index (κ3) is 2.42. The summed E-state index contributed by atoms with van der Waals surface area (Å²) in [5, 5.41) is 0. The molecule has 0 saturated heterocycles. The fourth-order valence-corrected chi connectivity index (χ4v) is 2.31. The number of halogens is 4. The quantitative estimate of drug-likeness (QED) is 0.501. The van der Waals surface area contributed by atoms with Crippen molar-refractivity contribution in [3.8, 4) is 0 Å². The van der Waals surface area contributed by atoms with Crippen molar-refractivity contribution in [3.63, 3.8) is 0 Å². The first-order valence-electron chi connectivity index (χ1n) is 3.39. The number of alkyl halides is 4. The van der Waals surface area contributed by atoms with Crippen LogP contribution in [0.2, 0.25) is 0 Å². The van der Waals surface area contributed by atoms with E-state index in [1.807, 2.05) is 6.08 Å². The molecule has 0 aromatic rings. The fourth-order valence-electron chi connectivity index (χ4n) is 1.27. The Labute approximate surface area is 86.4 Å². The summed E-state index contributed by atoms with van der Waals surface area (Å²) >= 11 is 22.9. The zero-order chi connectivity index (χ0) is 8.43. The fraction of sp³-hybridized carbons (Fsp3) is 0.714. The minimum atomic E-state index is -0.456. The van der Waals surface area contributed by atoms with Gasteiger partial charge in [0.1, 0.15) is 9.67 Å². The Kier molecular flexibility index (Phi) is 3.84. The smallest absolute Gasteiger partial charge is 0.105 e. The third-order valence-corrected chi connectivity index (χ3v) is 2.95. The molecule has 64 valence electrons. The highest BCUT2D eigenvalue weighted by Crippen LogP contribution is 2.37. The lowest BCUT2D eigenvalue weighted by atomic mass is 10.1. The molecule has 0 fully saturated rings. The van der Waals surface area contributed by atoms with E-state index in [9.17, 15) is 0 Å². The van der Waals surface area contributed by atoms with Crippen LogP contribution in [0.4, 0.5) is 0 Å². The Morgan fingerprint density at radius 2 is 1.91 bits per heavy atom. The molecule has 0 bridgehead atoms. The van der Waals surface area contributed by atoms with Gasteiger partial charge in [-0.3, -0.25) is 0 Å². The SMILES string of the molecule is ClC(Cl)C1=CCCC1C(Cl)Cl. The normalized spacial score (nSPS) is 24.9. The van der Waals surface area contributed by atoms with E-state index in [0.29, 0.717) is 0 Å². The topological polar surface area (TPSA) is 0 Å². The highest BCUT2D eigenvalue weighted by atomic mass is 35.5. The van der Waals surface area contributed by atoms with E-state index in [1.165, 1.54) is 0 Å². The number of hydrogen-bond donors (Lipinski definition) is 0. The summed E-state index contributed by atoms with van der Waals surface area (Å²) < 4.78 is 0. The van der Waals surface area contributed by atoms with E-state index in [-0.39, 0.29) is 10.8 Å². The number of allylic oxidation sites excluding steroid dienone is 2. The van der Waals surface area contributed by atoms with Crippen LogP contribution in [0.15, 0.2) is 11.6 Å². The van der Waals surface area contributed by atoms with E-state index in [4.69, 9.17) is 46.4 Å². The molecule has 0 saturated carbocycles. The van der Waals surface area contributed by atoms with Gasteiger partial charge in [-0.15, -0.1) is 46.4 Å². The predicted molar refractivity (Wildman–Crippen MR) is 51.8 cm³/mol. The van der Waals surface area contributed by atoms with Crippen LogP contribution in [0.1, 0.15) is 12.8 Å². The lowest BCUT2D eigenvalue weighted by Gasteiger charge is -2.15. The number of rotatable bonds is 2. The second kappa shape index (κ2) is 4.23. The maximum Gasteiger partial charge on any atom is 0.129 e. The molecular weight excluding hydrogens is 226 g/mol. The first-order valence-corrected chi connectivity index (χ1v) is 5.13. The maximum absolute atomic E-state index is 5.73. The van der Waals surface area contributed by atoms with Gasteiger partial charge in [0.25, 0.3) is 0 Å². The van der Waals surface area contributed by atoms with Crippen LogP contribution in [0.25, 0.3) is 0 Å². The van der Waals surface area contributed by atoms with Gasteiger partial charge in [-0.05, 0) is 18.4 Å². The predicted octanol–water partition coefficient (Wildman–Crippen LogP) is 3.93. The second-order valence-electron chi connectivity index (χ2n) is 2.52. The summed E-state index contributed by atoms with van der Waals surface area (Å²) in [6, 6.07) is 0. The Morgan fingerprint density at radius 3 is 2.27 bits per heavy atom. The van der Waals surface area contributed by atoms with E-state index in [2.05, 4.69) is 0 Å². The standard InChI is InChI=1S/C7H8Cl4/c8-6(9)4-2-1-3-5(4)7(10)11/h2,5-7H,1,3H2. The summed E-state index contributed by atoms with van der Waals surface area (Å²) in [5.74, 6) is 0.151. The first-order chi connectivity index (χ1) is 5.13. The van der Waals surface area contributed by atoms with Crippen molar-refractivity contribution in [2.24, 2.45) is 5.92 Å². The van der Waals surface area contributed by atoms with E-state index in [0.717, 1.165) is 18.4 Å². The molecule has 1 unspecified atom stereocenters. The molecule has 0 radical (unpaired) electrons. The average Bonchev–Trinajstić information content (AvgIpc) is 2.32. The molecule has 1 atom stereocenters. The van der Waals surface area contributed by atoms with Crippen LogP contribution in [0.5, 0.6) is 0 Å². The van der Waals surface area contributed by atoms with Gasteiger partial charge in [0, 0.05) is 5.92 Å². The molecule has 0 amide bonds. The number of hydrogen-bond acceptors (Lipinski definition) is 0. The Balaban J connectivity index is 2.63. The van der Waals surface area contributed by atoms with Gasteiger partial charge in [-0.1, -0.05) is 6.08 Å². The molecular formula is C7H8Cl4. The first kappa shape index (κ1) is 9.98. The van der Waals surface area contributed by atoms with E-state index in [1.54, 1.807) is 0 Å². The molecule has 0 aliphatic heterocycles. The van der Waals surface area contributed by atoms with Crippen molar-refractivity contribution >= 4 is 46.4 Å². The van der Waals surface area contributed by atoms with Crippen molar-refractivity contribution in [3.05, 3.63) is 11.6 Å². The van der Waals surface area contributed by atoms with Gasteiger partial charge in [-0.2, -0.15) is 0 Å². The van der Waals surface area contributed by atoms with Crippen LogP contribution >= 0.6 is 46.4 Å². The zero-order valence-electron chi connectivity index (χ0n) is 5.74. The molecule has 11 heavy (non-hydrogen) atoms. The summed E-state index contributed by atoms with van der Waals surface area (Å²) in [6.07, 6.45) is 3.96. The van der Waals surface area contributed by atoms with Gasteiger partial charge in [0.15, 0.2) is 0 Å². The van der Waals surface area contributed by atoms with Crippen molar-refractivity contribution in [2.75, 3.05) is 0 Å². The summed E-state index contributed by atoms with van der Waals surface area (Å²) in [6.45, 7) is 0. The average molecular weight is 234 g/mol. The monoisotopic (exact) mass is 232 g/mol. The largest absolute Gasteiger partial charge is 0.129 e. The molecule has 1 aliphatic rings. The highest BCUT2D eigenvalue weighted by Gasteiger charge is 2.28. The van der Waals surface area contributed by atoms with Gasteiger partial charge >= 0.3 is 0 Å². The molecule has 0 aromatic heterocycles. The molecule has 0 spiro atoms. The summed E-state index contributed by atoms with van der Waals surface area (Å²) in [5.41, 5.74) is 0.975. The molecule has 0 aromatic carbocycles. The Hall–Kier alpha value is 0.900. The van der Waals surface area contributed by atoms with Crippen LogP contribution in [0, 0.1) is 5.92 Å². The van der Waals surface area contributed by atoms with Crippen molar-refractivity contribution in [1.29, 1.82) is 0 Å². The van der Waals surface area contributed by atoms with Crippen LogP contribution in [-0.4, -0.2) is 9.67 Å². The van der Waals surface area contributed by atoms with Crippen molar-refractivity contribution < 1.29 is 0 Å². The minimum Gasteiger partial charge on any atom is -0.105 e. The van der Waals surface area contributed by atoms with Gasteiger partial charge in [0.2, 0.25) is 0 Å². The van der Waals surface area contributed by atoms with Crippen LogP contribution in [0.3, 0.4) is 0 Å². The molecule has 0 heterocycles. The molecule has 0 N–H and O–H groups in total. The van der Waals surface area contributed by atoms with Crippen molar-refractivity contribution in [2.45, 2.75) is 22.5 Å². The third-order valence-electron chi connectivity index (χ3n) is 1.84. The highest BCUT2D eigenvalue weighted by molar-refractivity contribution is 6.47. The molecule has 1 rings (SSSR count). The van der Waals surface area contributed by atoms with Crippen molar-refractivity contribution in [1.82, 2.24) is 0 Å². The molecule has 4 heteroatoms. The summed E-state index contributed by atoms with van der Waals surface area (Å²) in [4.78, 5) is -0.841. The molecule has 1 aliphatic carbocycles. The van der Waals surface area contributed by atoms with Crippen LogP contribution < -0.4 is 0 Å². The van der Waals surface area contributed by atoms with Gasteiger partial charge in [-0.25, -0.2) is 0 Å². The maximum atomic E-state index is 5.73. The lowest BCUT2D eigenvalue weighted by Crippen LogP contribution is -2.12. The lowest BCUT2D eigenvalue weighted by molar-refractivity contribution is 0.646. The second-order valence-corrected chi connectivity index (χ2v) is 4.78. The van der Waals surface area contributed by atoms with Gasteiger partial charge in [0.05, 0.1) is 0 Å². The Bertz CT molecular complexity index is 162. The van der Waals surface area contributed by atoms with Crippen LogP contribution in [-0.2, 0) is 0 Å². The zero-order valence-corrected chi connectivity index (χ0v) is 8.76. The summed E-state index contributed by atoms with van der Waals surface area (Å²) in [7, 11) is 0. The molecule has 0 nitrogen and oxygen atoms in total. The Morgan fingerprint density at radius 1 is 1.27 bits per heavy atom. The van der Waals surface area contributed by atoms with E-state index < -0.39 is 4.84 Å². The van der Waals surface area contributed by atoms with E-state index >= 15 is 0 Å². The van der Waals surface area contributed by atoms with Gasteiger partial charge < -0.3 is 0 Å².